The zero-order valence-corrected chi connectivity index (χ0v) is 8.95. The molecule has 6 heteroatoms. The van der Waals surface area contributed by atoms with Crippen LogP contribution in [0, 0.1) is 11.8 Å². The first-order valence-corrected chi connectivity index (χ1v) is 4.72. The van der Waals surface area contributed by atoms with E-state index in [1.165, 1.54) is 12.1 Å². The number of rotatable bonds is 3. The number of nitrogens with one attached hydrogen (secondary N) is 1. The molecule has 1 aromatic heterocycles. The molecule has 0 saturated carbocycles. The Hall–Kier alpha value is -1.77. The number of aliphatic hydroxyl groups excluding tert-OH is 1. The molecular formula is C10H9ClN2O3. The molecule has 0 aromatic carbocycles. The van der Waals surface area contributed by atoms with Crippen molar-refractivity contribution in [3.05, 3.63) is 22.8 Å². The van der Waals surface area contributed by atoms with Gasteiger partial charge in [0.2, 0.25) is 0 Å². The Morgan fingerprint density at radius 1 is 1.50 bits per heavy atom. The van der Waals surface area contributed by atoms with Crippen molar-refractivity contribution in [2.75, 3.05) is 18.5 Å². The SMILES string of the molecule is O=C(O)c1cc(Cl)nc(NCC#CCO)c1. The van der Waals surface area contributed by atoms with Crippen LogP contribution in [-0.2, 0) is 0 Å². The fourth-order valence-electron chi connectivity index (χ4n) is 0.964. The molecule has 1 aromatic rings. The van der Waals surface area contributed by atoms with Crippen LogP contribution in [0.25, 0.3) is 0 Å². The molecule has 0 fully saturated rings. The third-order valence-electron chi connectivity index (χ3n) is 1.60. The Morgan fingerprint density at radius 3 is 2.88 bits per heavy atom. The zero-order valence-electron chi connectivity index (χ0n) is 8.20. The monoisotopic (exact) mass is 240 g/mol. The van der Waals surface area contributed by atoms with Crippen LogP contribution in [0.2, 0.25) is 5.15 Å². The average Bonchev–Trinajstić information content (AvgIpc) is 2.23. The molecular weight excluding hydrogens is 232 g/mol. The van der Waals surface area contributed by atoms with Crippen LogP contribution in [0.5, 0.6) is 0 Å². The Balaban J connectivity index is 2.76. The van der Waals surface area contributed by atoms with Crippen LogP contribution >= 0.6 is 11.6 Å². The molecule has 16 heavy (non-hydrogen) atoms. The Labute approximate surface area is 97.1 Å². The van der Waals surface area contributed by atoms with Gasteiger partial charge in [0.15, 0.2) is 0 Å². The molecule has 1 rings (SSSR count). The van der Waals surface area contributed by atoms with Crippen molar-refractivity contribution in [1.82, 2.24) is 4.98 Å². The van der Waals surface area contributed by atoms with E-state index in [-0.39, 0.29) is 23.9 Å². The molecule has 0 atom stereocenters. The van der Waals surface area contributed by atoms with Crippen molar-refractivity contribution < 1.29 is 15.0 Å². The lowest BCUT2D eigenvalue weighted by atomic mass is 10.2. The van der Waals surface area contributed by atoms with Gasteiger partial charge in [-0.05, 0) is 12.1 Å². The summed E-state index contributed by atoms with van der Waals surface area (Å²) in [5.41, 5.74) is 0.0533. The fourth-order valence-corrected chi connectivity index (χ4v) is 1.17. The standard InChI is InChI=1S/C10H9ClN2O3/c11-8-5-7(10(15)16)6-9(13-8)12-3-1-2-4-14/h5-6,14H,3-4H2,(H,12,13)(H,15,16). The molecule has 5 nitrogen and oxygen atoms in total. The summed E-state index contributed by atoms with van der Waals surface area (Å²) in [6.07, 6.45) is 0. The molecule has 0 saturated heterocycles. The van der Waals surface area contributed by atoms with Gasteiger partial charge in [-0.1, -0.05) is 23.4 Å². The number of hydrogen-bond donors (Lipinski definition) is 3. The predicted octanol–water partition coefficient (Wildman–Crippen LogP) is 0.841. The van der Waals surface area contributed by atoms with E-state index in [0.717, 1.165) is 0 Å². The van der Waals surface area contributed by atoms with Crippen LogP contribution in [0.3, 0.4) is 0 Å². The maximum atomic E-state index is 10.7. The lowest BCUT2D eigenvalue weighted by Crippen LogP contribution is -2.04. The van der Waals surface area contributed by atoms with Crippen LogP contribution in [0.4, 0.5) is 5.82 Å². The number of carbonyl (C=O) groups is 1. The largest absolute Gasteiger partial charge is 0.478 e. The highest BCUT2D eigenvalue weighted by Crippen LogP contribution is 2.14. The van der Waals surface area contributed by atoms with Gasteiger partial charge in [-0.25, -0.2) is 9.78 Å². The summed E-state index contributed by atoms with van der Waals surface area (Å²) in [6, 6.07) is 2.61. The second-order valence-electron chi connectivity index (χ2n) is 2.73. The highest BCUT2D eigenvalue weighted by atomic mass is 35.5. The molecule has 84 valence electrons. The van der Waals surface area contributed by atoms with E-state index >= 15 is 0 Å². The molecule has 0 aliphatic rings. The summed E-state index contributed by atoms with van der Waals surface area (Å²) >= 11 is 5.64. The number of pyridine rings is 1. The molecule has 1 heterocycles. The Kier molecular flexibility index (Phi) is 4.58. The first-order valence-electron chi connectivity index (χ1n) is 4.35. The number of aromatic nitrogens is 1. The van der Waals surface area contributed by atoms with Crippen molar-refractivity contribution >= 4 is 23.4 Å². The third kappa shape index (κ3) is 3.77. The van der Waals surface area contributed by atoms with E-state index in [2.05, 4.69) is 22.1 Å². The minimum atomic E-state index is -1.08. The molecule has 0 bridgehead atoms. The molecule has 0 unspecified atom stereocenters. The summed E-state index contributed by atoms with van der Waals surface area (Å²) in [5.74, 6) is 4.30. The molecule has 0 spiro atoms. The first-order chi connectivity index (χ1) is 7.63. The number of carboxylic acids is 1. The Morgan fingerprint density at radius 2 is 2.25 bits per heavy atom. The van der Waals surface area contributed by atoms with E-state index < -0.39 is 5.97 Å². The van der Waals surface area contributed by atoms with Crippen LogP contribution in [0.1, 0.15) is 10.4 Å². The van der Waals surface area contributed by atoms with E-state index in [1.807, 2.05) is 0 Å². The second-order valence-corrected chi connectivity index (χ2v) is 3.12. The number of nitrogens with zero attached hydrogens (tertiary/aromatic N) is 1. The summed E-state index contributed by atoms with van der Waals surface area (Å²) in [6.45, 7) is 0.0397. The lowest BCUT2D eigenvalue weighted by molar-refractivity contribution is 0.0697. The van der Waals surface area contributed by atoms with Crippen LogP contribution in [0.15, 0.2) is 12.1 Å². The van der Waals surface area contributed by atoms with Crippen molar-refractivity contribution in [2.45, 2.75) is 0 Å². The number of hydrogen-bond acceptors (Lipinski definition) is 4. The van der Waals surface area contributed by atoms with E-state index in [9.17, 15) is 4.79 Å². The number of anilines is 1. The van der Waals surface area contributed by atoms with E-state index in [4.69, 9.17) is 21.8 Å². The smallest absolute Gasteiger partial charge is 0.335 e. The Bertz CT molecular complexity index is 451. The fraction of sp³-hybridized carbons (Fsp3) is 0.200. The highest BCUT2D eigenvalue weighted by molar-refractivity contribution is 6.29. The molecule has 0 aliphatic carbocycles. The van der Waals surface area contributed by atoms with Gasteiger partial charge in [-0.15, -0.1) is 0 Å². The summed E-state index contributed by atoms with van der Waals surface area (Å²) in [4.78, 5) is 14.6. The van der Waals surface area contributed by atoms with Gasteiger partial charge in [-0.3, -0.25) is 0 Å². The molecule has 0 radical (unpaired) electrons. The van der Waals surface area contributed by atoms with Gasteiger partial charge in [0.1, 0.15) is 17.6 Å². The third-order valence-corrected chi connectivity index (χ3v) is 1.80. The normalized spacial score (nSPS) is 9.12. The van der Waals surface area contributed by atoms with Crippen LogP contribution in [-0.4, -0.2) is 34.3 Å². The number of carboxylic acid groups (broad SMARTS) is 1. The number of aromatic carboxylic acids is 1. The summed E-state index contributed by atoms with van der Waals surface area (Å²) in [5, 5.41) is 20.0. The average molecular weight is 241 g/mol. The minimum absolute atomic E-state index is 0.0533. The van der Waals surface area contributed by atoms with Crippen molar-refractivity contribution in [2.24, 2.45) is 0 Å². The molecule has 0 amide bonds. The van der Waals surface area contributed by atoms with Gasteiger partial charge in [0, 0.05) is 0 Å². The zero-order chi connectivity index (χ0) is 12.0. The van der Waals surface area contributed by atoms with E-state index in [1.54, 1.807) is 0 Å². The number of halogens is 1. The van der Waals surface area contributed by atoms with Crippen molar-refractivity contribution in [3.8, 4) is 11.8 Å². The van der Waals surface area contributed by atoms with Crippen molar-refractivity contribution in [3.63, 3.8) is 0 Å². The van der Waals surface area contributed by atoms with Gasteiger partial charge >= 0.3 is 5.97 Å². The first kappa shape index (κ1) is 12.3. The second kappa shape index (κ2) is 5.95. The highest BCUT2D eigenvalue weighted by Gasteiger charge is 2.06. The predicted molar refractivity (Wildman–Crippen MR) is 59.6 cm³/mol. The maximum Gasteiger partial charge on any atom is 0.335 e. The lowest BCUT2D eigenvalue weighted by Gasteiger charge is -2.03. The van der Waals surface area contributed by atoms with Gasteiger partial charge in [-0.2, -0.15) is 0 Å². The van der Waals surface area contributed by atoms with Gasteiger partial charge in [0.05, 0.1) is 12.1 Å². The topological polar surface area (TPSA) is 82.5 Å². The molecule has 3 N–H and O–H groups in total. The van der Waals surface area contributed by atoms with Gasteiger partial charge in [0.25, 0.3) is 0 Å². The molecule has 0 aliphatic heterocycles. The van der Waals surface area contributed by atoms with Crippen molar-refractivity contribution in [1.29, 1.82) is 0 Å². The van der Waals surface area contributed by atoms with Crippen LogP contribution < -0.4 is 5.32 Å². The van der Waals surface area contributed by atoms with Gasteiger partial charge < -0.3 is 15.5 Å². The summed E-state index contributed by atoms with van der Waals surface area (Å²) in [7, 11) is 0. The quantitative estimate of drug-likeness (QED) is 0.539. The summed E-state index contributed by atoms with van der Waals surface area (Å²) < 4.78 is 0. The number of aliphatic hydroxyl groups is 1. The maximum absolute atomic E-state index is 10.7. The van der Waals surface area contributed by atoms with E-state index in [0.29, 0.717) is 5.82 Å². The minimum Gasteiger partial charge on any atom is -0.478 e.